The Morgan fingerprint density at radius 2 is 1.53 bits per heavy atom. The van der Waals surface area contributed by atoms with Gasteiger partial charge in [-0.25, -0.2) is 8.78 Å². The summed E-state index contributed by atoms with van der Waals surface area (Å²) in [5.41, 5.74) is 1.52. The molecule has 3 heteroatoms. The van der Waals surface area contributed by atoms with Crippen molar-refractivity contribution in [3.05, 3.63) is 66.4 Å². The summed E-state index contributed by atoms with van der Waals surface area (Å²) in [6.07, 6.45) is 1.41. The van der Waals surface area contributed by atoms with Gasteiger partial charge in [0.2, 0.25) is 0 Å². The first kappa shape index (κ1) is 10.0. The summed E-state index contributed by atoms with van der Waals surface area (Å²) in [6.45, 7) is 0. The molecule has 3 aromatic rings. The Bertz CT molecular complexity index is 668. The van der Waals surface area contributed by atoms with Gasteiger partial charge in [-0.1, -0.05) is 12.1 Å². The van der Waals surface area contributed by atoms with E-state index in [1.54, 1.807) is 28.8 Å². The summed E-state index contributed by atoms with van der Waals surface area (Å²) in [7, 11) is 0. The standard InChI is InChI=1S/C14H9F2N/c15-10-5-7-11(8-6-10)17-9-13(16)12-3-1-2-4-14(12)17/h1-9H. The molecule has 17 heavy (non-hydrogen) atoms. The number of benzene rings is 2. The molecule has 1 nitrogen and oxygen atoms in total. The summed E-state index contributed by atoms with van der Waals surface area (Å²) in [5.74, 6) is -0.574. The summed E-state index contributed by atoms with van der Waals surface area (Å²) in [6, 6.07) is 13.2. The van der Waals surface area contributed by atoms with Crippen LogP contribution in [0.2, 0.25) is 0 Å². The maximum Gasteiger partial charge on any atom is 0.149 e. The lowest BCUT2D eigenvalue weighted by Gasteiger charge is -2.04. The quantitative estimate of drug-likeness (QED) is 0.596. The fourth-order valence-corrected chi connectivity index (χ4v) is 1.95. The van der Waals surface area contributed by atoms with E-state index in [2.05, 4.69) is 0 Å². The minimum atomic E-state index is -0.300. The molecule has 1 aromatic heterocycles. The van der Waals surface area contributed by atoms with Crippen molar-refractivity contribution in [2.24, 2.45) is 0 Å². The van der Waals surface area contributed by atoms with Gasteiger partial charge in [0.15, 0.2) is 0 Å². The van der Waals surface area contributed by atoms with E-state index >= 15 is 0 Å². The van der Waals surface area contributed by atoms with Crippen molar-refractivity contribution < 1.29 is 8.78 Å². The third-order valence-corrected chi connectivity index (χ3v) is 2.77. The van der Waals surface area contributed by atoms with Gasteiger partial charge in [0.25, 0.3) is 0 Å². The van der Waals surface area contributed by atoms with Crippen LogP contribution in [0, 0.1) is 11.6 Å². The van der Waals surface area contributed by atoms with Crippen LogP contribution in [-0.2, 0) is 0 Å². The molecule has 0 saturated carbocycles. The van der Waals surface area contributed by atoms with E-state index in [0.717, 1.165) is 11.2 Å². The molecular weight excluding hydrogens is 220 g/mol. The lowest BCUT2D eigenvalue weighted by molar-refractivity contribution is 0.627. The molecule has 2 aromatic carbocycles. The number of aromatic nitrogens is 1. The van der Waals surface area contributed by atoms with Gasteiger partial charge in [-0.2, -0.15) is 0 Å². The second kappa shape index (κ2) is 3.70. The van der Waals surface area contributed by atoms with E-state index in [1.807, 2.05) is 12.1 Å². The molecule has 0 radical (unpaired) electrons. The normalized spacial score (nSPS) is 10.9. The molecule has 0 spiro atoms. The van der Waals surface area contributed by atoms with Crippen molar-refractivity contribution in [3.8, 4) is 5.69 Å². The Morgan fingerprint density at radius 1 is 0.824 bits per heavy atom. The average Bonchev–Trinajstić information content (AvgIpc) is 2.69. The zero-order chi connectivity index (χ0) is 11.8. The van der Waals surface area contributed by atoms with Crippen LogP contribution in [0.1, 0.15) is 0 Å². The Hall–Kier alpha value is -2.16. The molecule has 0 saturated heterocycles. The molecule has 0 unspecified atom stereocenters. The summed E-state index contributed by atoms with van der Waals surface area (Å²) in [5, 5.41) is 0.567. The number of nitrogens with zero attached hydrogens (tertiary/aromatic N) is 1. The molecule has 84 valence electrons. The second-order valence-electron chi connectivity index (χ2n) is 3.84. The van der Waals surface area contributed by atoms with Crippen LogP contribution in [0.15, 0.2) is 54.7 Å². The van der Waals surface area contributed by atoms with Crippen LogP contribution in [-0.4, -0.2) is 4.57 Å². The van der Waals surface area contributed by atoms with Gasteiger partial charge in [0, 0.05) is 17.3 Å². The van der Waals surface area contributed by atoms with Crippen molar-refractivity contribution in [1.29, 1.82) is 0 Å². The van der Waals surface area contributed by atoms with Crippen LogP contribution in [0.3, 0.4) is 0 Å². The van der Waals surface area contributed by atoms with E-state index in [0.29, 0.717) is 5.39 Å². The van der Waals surface area contributed by atoms with Crippen LogP contribution < -0.4 is 0 Å². The number of hydrogen-bond donors (Lipinski definition) is 0. The van der Waals surface area contributed by atoms with E-state index in [4.69, 9.17) is 0 Å². The highest BCUT2D eigenvalue weighted by molar-refractivity contribution is 5.82. The highest BCUT2D eigenvalue weighted by atomic mass is 19.1. The highest BCUT2D eigenvalue weighted by Gasteiger charge is 2.08. The van der Waals surface area contributed by atoms with Gasteiger partial charge >= 0.3 is 0 Å². The molecule has 0 aliphatic heterocycles. The van der Waals surface area contributed by atoms with Gasteiger partial charge in [-0.05, 0) is 36.4 Å². The minimum Gasteiger partial charge on any atom is -0.314 e. The average molecular weight is 229 g/mol. The fourth-order valence-electron chi connectivity index (χ4n) is 1.95. The number of para-hydroxylation sites is 1. The third kappa shape index (κ3) is 1.60. The predicted molar refractivity (Wildman–Crippen MR) is 63.2 cm³/mol. The zero-order valence-corrected chi connectivity index (χ0v) is 8.90. The second-order valence-corrected chi connectivity index (χ2v) is 3.84. The summed E-state index contributed by atoms with van der Waals surface area (Å²) in [4.78, 5) is 0. The third-order valence-electron chi connectivity index (χ3n) is 2.77. The van der Waals surface area contributed by atoms with E-state index in [1.165, 1.54) is 18.3 Å². The van der Waals surface area contributed by atoms with Gasteiger partial charge in [0.1, 0.15) is 11.6 Å². The molecule has 0 N–H and O–H groups in total. The molecule has 0 atom stereocenters. The van der Waals surface area contributed by atoms with Gasteiger partial charge in [-0.3, -0.25) is 0 Å². The molecule has 0 aliphatic rings. The van der Waals surface area contributed by atoms with Gasteiger partial charge < -0.3 is 4.57 Å². The van der Waals surface area contributed by atoms with Crippen LogP contribution in [0.5, 0.6) is 0 Å². The number of rotatable bonds is 1. The lowest BCUT2D eigenvalue weighted by atomic mass is 10.2. The zero-order valence-electron chi connectivity index (χ0n) is 8.90. The smallest absolute Gasteiger partial charge is 0.149 e. The first-order chi connectivity index (χ1) is 8.25. The largest absolute Gasteiger partial charge is 0.314 e. The van der Waals surface area contributed by atoms with E-state index < -0.39 is 0 Å². The molecule has 1 heterocycles. The molecule has 3 rings (SSSR count). The Balaban J connectivity index is 2.27. The van der Waals surface area contributed by atoms with Gasteiger partial charge in [-0.15, -0.1) is 0 Å². The molecular formula is C14H9F2N. The topological polar surface area (TPSA) is 4.93 Å². The molecule has 0 aliphatic carbocycles. The number of hydrogen-bond acceptors (Lipinski definition) is 0. The monoisotopic (exact) mass is 229 g/mol. The highest BCUT2D eigenvalue weighted by Crippen LogP contribution is 2.23. The van der Waals surface area contributed by atoms with Crippen LogP contribution in [0.4, 0.5) is 8.78 Å². The van der Waals surface area contributed by atoms with E-state index in [-0.39, 0.29) is 11.6 Å². The van der Waals surface area contributed by atoms with Crippen molar-refractivity contribution in [1.82, 2.24) is 4.57 Å². The summed E-state index contributed by atoms with van der Waals surface area (Å²) >= 11 is 0. The first-order valence-corrected chi connectivity index (χ1v) is 5.27. The maximum absolute atomic E-state index is 13.7. The van der Waals surface area contributed by atoms with Crippen LogP contribution in [0.25, 0.3) is 16.6 Å². The van der Waals surface area contributed by atoms with Crippen molar-refractivity contribution in [3.63, 3.8) is 0 Å². The molecule has 0 fully saturated rings. The Morgan fingerprint density at radius 3 is 2.29 bits per heavy atom. The Labute approximate surface area is 96.9 Å². The fraction of sp³-hybridized carbons (Fsp3) is 0. The first-order valence-electron chi connectivity index (χ1n) is 5.27. The van der Waals surface area contributed by atoms with Crippen molar-refractivity contribution >= 4 is 10.9 Å². The van der Waals surface area contributed by atoms with Gasteiger partial charge in [0.05, 0.1) is 5.52 Å². The number of halogens is 2. The Kier molecular flexibility index (Phi) is 2.18. The molecule has 0 bridgehead atoms. The maximum atomic E-state index is 13.7. The van der Waals surface area contributed by atoms with E-state index in [9.17, 15) is 8.78 Å². The minimum absolute atomic E-state index is 0.273. The summed E-state index contributed by atoms with van der Waals surface area (Å²) < 4.78 is 28.2. The van der Waals surface area contributed by atoms with Crippen molar-refractivity contribution in [2.75, 3.05) is 0 Å². The van der Waals surface area contributed by atoms with Crippen LogP contribution >= 0.6 is 0 Å². The number of fused-ring (bicyclic) bond motifs is 1. The SMILES string of the molecule is Fc1ccc(-n2cc(F)c3ccccc32)cc1. The predicted octanol–water partition coefficient (Wildman–Crippen LogP) is 3.91. The molecule has 0 amide bonds. The van der Waals surface area contributed by atoms with Crippen molar-refractivity contribution in [2.45, 2.75) is 0 Å². The lowest BCUT2D eigenvalue weighted by Crippen LogP contribution is -1.91.